The fourth-order valence-corrected chi connectivity index (χ4v) is 3.84. The summed E-state index contributed by atoms with van der Waals surface area (Å²) in [5.74, 6) is 0.493. The predicted molar refractivity (Wildman–Crippen MR) is 91.6 cm³/mol. The summed E-state index contributed by atoms with van der Waals surface area (Å²) in [6.07, 6.45) is 2.15. The van der Waals surface area contributed by atoms with Crippen LogP contribution in [0.3, 0.4) is 0 Å². The van der Waals surface area contributed by atoms with Crippen molar-refractivity contribution >= 4 is 11.4 Å². The first-order chi connectivity index (χ1) is 11.5. The Morgan fingerprint density at radius 1 is 1.29 bits per heavy atom. The quantitative estimate of drug-likeness (QED) is 0.914. The summed E-state index contributed by atoms with van der Waals surface area (Å²) in [6, 6.07) is 7.48. The molecule has 1 aliphatic carbocycles. The van der Waals surface area contributed by atoms with Crippen LogP contribution >= 0.6 is 0 Å². The lowest BCUT2D eigenvalue weighted by atomic mass is 9.72. The van der Waals surface area contributed by atoms with Gasteiger partial charge in [-0.3, -0.25) is 4.79 Å². The van der Waals surface area contributed by atoms with E-state index in [9.17, 15) is 9.90 Å². The van der Waals surface area contributed by atoms with Gasteiger partial charge in [0.1, 0.15) is 11.9 Å². The number of carbonyl (C=O) groups is 1. The summed E-state index contributed by atoms with van der Waals surface area (Å²) in [6.45, 7) is 0.702. The van der Waals surface area contributed by atoms with Crippen LogP contribution in [-0.4, -0.2) is 55.7 Å². The number of rotatable bonds is 4. The highest BCUT2D eigenvalue weighted by atomic mass is 16.5. The number of hydrogen-bond donors (Lipinski definition) is 1. The Kier molecular flexibility index (Phi) is 4.92. The smallest absolute Gasteiger partial charge is 0.173 e. The molecule has 1 N–H and O–H groups in total. The van der Waals surface area contributed by atoms with Gasteiger partial charge in [-0.1, -0.05) is 18.2 Å². The third kappa shape index (κ3) is 3.06. The third-order valence-electron chi connectivity index (χ3n) is 5.00. The zero-order chi connectivity index (χ0) is 17.3. The minimum atomic E-state index is -0.428. The van der Waals surface area contributed by atoms with Crippen molar-refractivity contribution in [3.63, 3.8) is 0 Å². The van der Waals surface area contributed by atoms with Gasteiger partial charge in [-0.05, 0) is 33.0 Å². The zero-order valence-electron chi connectivity index (χ0n) is 14.4. The molecule has 24 heavy (non-hydrogen) atoms. The second-order valence-electron chi connectivity index (χ2n) is 6.87. The highest BCUT2D eigenvalue weighted by Crippen LogP contribution is 2.41. The molecule has 130 valence electrons. The number of methoxy groups -OCH3 is 1. The predicted octanol–water partition coefficient (Wildman–Crippen LogP) is 1.95. The largest absolute Gasteiger partial charge is 0.496 e. The van der Waals surface area contributed by atoms with E-state index in [4.69, 9.17) is 9.47 Å². The van der Waals surface area contributed by atoms with Gasteiger partial charge in [-0.15, -0.1) is 0 Å². The number of carbonyl (C=O) groups excluding carboxylic acids is 1. The molecule has 0 spiro atoms. The summed E-state index contributed by atoms with van der Waals surface area (Å²) < 4.78 is 11.4. The molecule has 1 aromatic carbocycles. The van der Waals surface area contributed by atoms with Gasteiger partial charge in [0, 0.05) is 18.0 Å². The summed E-state index contributed by atoms with van der Waals surface area (Å²) in [4.78, 5) is 15.1. The van der Waals surface area contributed by atoms with Gasteiger partial charge in [0.05, 0.1) is 31.0 Å². The normalized spacial score (nSPS) is 29.7. The number of para-hydroxylation sites is 1. The molecule has 0 radical (unpaired) electrons. The van der Waals surface area contributed by atoms with E-state index in [-0.39, 0.29) is 23.7 Å². The van der Waals surface area contributed by atoms with Gasteiger partial charge in [0.2, 0.25) is 0 Å². The van der Waals surface area contributed by atoms with Crippen LogP contribution in [0.1, 0.15) is 18.4 Å². The maximum Gasteiger partial charge on any atom is 0.173 e. The molecule has 0 saturated heterocycles. The molecule has 1 aliphatic heterocycles. The van der Waals surface area contributed by atoms with Crippen LogP contribution in [0.15, 0.2) is 30.5 Å². The SMILES string of the molecule is COc1ccccc1C1=COC2C(CCC(O)C2CN(C)C)C1=O. The number of benzene rings is 1. The summed E-state index contributed by atoms with van der Waals surface area (Å²) in [5.41, 5.74) is 1.33. The summed E-state index contributed by atoms with van der Waals surface area (Å²) in [5, 5.41) is 10.3. The average molecular weight is 331 g/mol. The van der Waals surface area contributed by atoms with Gasteiger partial charge in [-0.25, -0.2) is 0 Å². The number of allylic oxidation sites excluding steroid dienone is 1. The lowest BCUT2D eigenvalue weighted by molar-refractivity contribution is -0.133. The molecule has 4 unspecified atom stereocenters. The molecule has 3 rings (SSSR count). The number of aliphatic hydroxyl groups excluding tert-OH is 1. The zero-order valence-corrected chi connectivity index (χ0v) is 14.4. The maximum atomic E-state index is 13.1. The Morgan fingerprint density at radius 2 is 2.04 bits per heavy atom. The molecule has 1 fully saturated rings. The number of aliphatic hydroxyl groups is 1. The Bertz CT molecular complexity index is 640. The number of ether oxygens (including phenoxy) is 2. The molecule has 5 heteroatoms. The second-order valence-corrected chi connectivity index (χ2v) is 6.87. The first kappa shape index (κ1) is 17.0. The van der Waals surface area contributed by atoms with Crippen molar-refractivity contribution in [2.24, 2.45) is 11.8 Å². The van der Waals surface area contributed by atoms with Crippen molar-refractivity contribution in [1.82, 2.24) is 4.90 Å². The number of ketones is 1. The fraction of sp³-hybridized carbons (Fsp3) is 0.526. The molecular weight excluding hydrogens is 306 g/mol. The average Bonchev–Trinajstić information content (AvgIpc) is 2.57. The van der Waals surface area contributed by atoms with E-state index < -0.39 is 6.10 Å². The molecule has 0 amide bonds. The molecule has 0 bridgehead atoms. The van der Waals surface area contributed by atoms with Crippen molar-refractivity contribution in [2.45, 2.75) is 25.0 Å². The Morgan fingerprint density at radius 3 is 2.75 bits per heavy atom. The van der Waals surface area contributed by atoms with Gasteiger partial charge >= 0.3 is 0 Å². The van der Waals surface area contributed by atoms with E-state index in [2.05, 4.69) is 0 Å². The van der Waals surface area contributed by atoms with Crippen LogP contribution < -0.4 is 4.74 Å². The molecule has 1 saturated carbocycles. The van der Waals surface area contributed by atoms with Gasteiger partial charge in [0.25, 0.3) is 0 Å². The van der Waals surface area contributed by atoms with Crippen LogP contribution in [0.25, 0.3) is 5.57 Å². The highest BCUT2D eigenvalue weighted by Gasteiger charge is 2.46. The standard InChI is InChI=1S/C19H25NO4/c1-20(2)10-14-16(21)9-8-13-18(22)15(11-24-19(13)14)12-6-4-5-7-17(12)23-3/h4-7,11,13-14,16,19,21H,8-10H2,1-3H3. The van der Waals surface area contributed by atoms with Crippen molar-refractivity contribution in [3.05, 3.63) is 36.1 Å². The highest BCUT2D eigenvalue weighted by molar-refractivity contribution is 6.22. The van der Waals surface area contributed by atoms with Gasteiger partial charge < -0.3 is 19.5 Å². The van der Waals surface area contributed by atoms with E-state index in [1.54, 1.807) is 13.4 Å². The lowest BCUT2D eigenvalue weighted by Crippen LogP contribution is -2.51. The Labute approximate surface area is 142 Å². The minimum Gasteiger partial charge on any atom is -0.496 e. The third-order valence-corrected chi connectivity index (χ3v) is 5.00. The second kappa shape index (κ2) is 6.95. The minimum absolute atomic E-state index is 0.0573. The van der Waals surface area contributed by atoms with Crippen LogP contribution in [-0.2, 0) is 9.53 Å². The molecule has 0 aromatic heterocycles. The Hall–Kier alpha value is -1.85. The van der Waals surface area contributed by atoms with Crippen molar-refractivity contribution in [1.29, 1.82) is 0 Å². The maximum absolute atomic E-state index is 13.1. The van der Waals surface area contributed by atoms with Gasteiger partial charge in [0.15, 0.2) is 5.78 Å². The number of Topliss-reactive ketones (excluding diaryl/α,β-unsaturated/α-hetero) is 1. The van der Waals surface area contributed by atoms with E-state index in [0.717, 1.165) is 5.56 Å². The van der Waals surface area contributed by atoms with Crippen molar-refractivity contribution in [3.8, 4) is 5.75 Å². The summed E-state index contributed by atoms with van der Waals surface area (Å²) in [7, 11) is 5.54. The first-order valence-corrected chi connectivity index (χ1v) is 8.39. The summed E-state index contributed by atoms with van der Waals surface area (Å²) >= 11 is 0. The van der Waals surface area contributed by atoms with E-state index >= 15 is 0 Å². The number of hydrogen-bond acceptors (Lipinski definition) is 5. The topological polar surface area (TPSA) is 59.0 Å². The van der Waals surface area contributed by atoms with E-state index in [1.807, 2.05) is 43.3 Å². The van der Waals surface area contributed by atoms with Crippen molar-refractivity contribution < 1.29 is 19.4 Å². The molecule has 5 nitrogen and oxygen atoms in total. The van der Waals surface area contributed by atoms with Crippen molar-refractivity contribution in [2.75, 3.05) is 27.7 Å². The fourth-order valence-electron chi connectivity index (χ4n) is 3.84. The monoisotopic (exact) mass is 331 g/mol. The molecule has 1 aromatic rings. The van der Waals surface area contributed by atoms with E-state index in [0.29, 0.717) is 30.7 Å². The first-order valence-electron chi connectivity index (χ1n) is 8.39. The Balaban J connectivity index is 1.91. The molecular formula is C19H25NO4. The molecule has 1 heterocycles. The molecule has 4 atom stereocenters. The van der Waals surface area contributed by atoms with Crippen LogP contribution in [0.5, 0.6) is 5.75 Å². The van der Waals surface area contributed by atoms with Crippen LogP contribution in [0, 0.1) is 11.8 Å². The molecule has 2 aliphatic rings. The van der Waals surface area contributed by atoms with Crippen LogP contribution in [0.2, 0.25) is 0 Å². The van der Waals surface area contributed by atoms with Gasteiger partial charge in [-0.2, -0.15) is 0 Å². The van der Waals surface area contributed by atoms with Crippen LogP contribution in [0.4, 0.5) is 0 Å². The number of fused-ring (bicyclic) bond motifs is 1. The van der Waals surface area contributed by atoms with E-state index in [1.165, 1.54) is 0 Å². The number of nitrogens with zero attached hydrogens (tertiary/aromatic N) is 1. The lowest BCUT2D eigenvalue weighted by Gasteiger charge is -2.43.